The molecule has 3 aromatic heterocycles. The summed E-state index contributed by atoms with van der Waals surface area (Å²) in [5.41, 5.74) is 12.5. The number of aromatic nitrogens is 6. The molecule has 15 nitrogen and oxygen atoms in total. The molecular formula is C100H124N6O9Si. The molecule has 0 saturated carbocycles. The van der Waals surface area contributed by atoms with E-state index < -0.39 is 8.56 Å². The van der Waals surface area contributed by atoms with Crippen molar-refractivity contribution in [3.63, 3.8) is 0 Å². The van der Waals surface area contributed by atoms with Crippen LogP contribution >= 0.6 is 0 Å². The molecule has 16 rings (SSSR count). The van der Waals surface area contributed by atoms with Gasteiger partial charge in [0.1, 0.15) is 46.0 Å². The first-order valence-corrected chi connectivity index (χ1v) is 48.3. The lowest BCUT2D eigenvalue weighted by molar-refractivity contribution is 0.347. The van der Waals surface area contributed by atoms with Crippen LogP contribution in [0.25, 0.3) is 33.1 Å². The maximum atomic E-state index is 7.95. The maximum Gasteiger partial charge on any atom is 0.460 e. The zero-order chi connectivity index (χ0) is 79.0. The second-order valence-electron chi connectivity index (χ2n) is 34.5. The Balaban J connectivity index is 0.982. The van der Waals surface area contributed by atoms with E-state index in [1.54, 1.807) is 0 Å². The Hall–Kier alpha value is -8.86. The molecule has 1 fully saturated rings. The van der Waals surface area contributed by atoms with Crippen molar-refractivity contribution in [2.24, 2.45) is 0 Å². The predicted octanol–water partition coefficient (Wildman–Crippen LogP) is 30.0. The fraction of sp³-hybridized carbons (Fsp3) is 0.520. The van der Waals surface area contributed by atoms with E-state index in [0.717, 1.165) is 152 Å². The van der Waals surface area contributed by atoms with E-state index in [1.165, 1.54) is 161 Å². The zero-order valence-corrected chi connectivity index (χ0v) is 71.0. The number of benzene rings is 7. The van der Waals surface area contributed by atoms with Gasteiger partial charge in [-0.25, -0.2) is 29.9 Å². The monoisotopic (exact) mass is 1580 g/mol. The number of ether oxygens (including phenoxy) is 7. The average molecular weight is 1580 g/mol. The number of hydrogen-bond acceptors (Lipinski definition) is 15. The van der Waals surface area contributed by atoms with E-state index in [4.69, 9.17) is 71.9 Å². The van der Waals surface area contributed by atoms with E-state index >= 15 is 0 Å². The van der Waals surface area contributed by atoms with Gasteiger partial charge in [-0.05, 0) is 86.3 Å². The molecule has 0 spiro atoms. The maximum absolute atomic E-state index is 7.95. The van der Waals surface area contributed by atoms with Gasteiger partial charge in [0, 0.05) is 105 Å². The third-order valence-corrected chi connectivity index (χ3v) is 27.9. The van der Waals surface area contributed by atoms with Crippen LogP contribution in [-0.4, -0.2) is 51.2 Å². The lowest BCUT2D eigenvalue weighted by atomic mass is 9.76. The van der Waals surface area contributed by atoms with Crippen LogP contribution in [0, 0.1) is 0 Å². The molecule has 116 heavy (non-hydrogen) atoms. The van der Waals surface area contributed by atoms with Crippen LogP contribution in [0.3, 0.4) is 0 Å². The molecule has 7 aromatic carbocycles. The third-order valence-electron chi connectivity index (χ3n) is 25.4. The Morgan fingerprint density at radius 1 is 0.259 bits per heavy atom. The fourth-order valence-corrected chi connectivity index (χ4v) is 21.5. The van der Waals surface area contributed by atoms with Crippen molar-refractivity contribution in [3.05, 3.63) is 166 Å². The SMILES string of the molecule is CCCCCCCCCCCC1c2cc3c4cc2Oc2nc5ccccc5nc2Oc2cc5c(cc21)[C@H](CCCCCCCCCCC)c1cc2c(cc1Oc1nc6ccccc6nc1O5)O[Si](C)(CC1CO1)Oc1cc(c(cc1C2CCCCCCCCCCC)[C@@H]3CCCCCCCCCCC)Oc1nc2ccccc2nc1O4. The predicted molar refractivity (Wildman–Crippen MR) is 467 cm³/mol. The normalized spacial score (nSPS) is 18.3. The van der Waals surface area contributed by atoms with Crippen molar-refractivity contribution in [1.29, 1.82) is 0 Å². The second-order valence-corrected chi connectivity index (χ2v) is 37.6. The first-order valence-electron chi connectivity index (χ1n) is 45.8. The summed E-state index contributed by atoms with van der Waals surface area (Å²) in [6.07, 6.45) is 46.2. The molecule has 1 saturated heterocycles. The minimum absolute atomic E-state index is 0.0196. The Morgan fingerprint density at radius 3 is 0.655 bits per heavy atom. The number of epoxide rings is 1. The van der Waals surface area contributed by atoms with Gasteiger partial charge >= 0.3 is 8.56 Å². The van der Waals surface area contributed by atoms with Gasteiger partial charge in [0.05, 0.1) is 45.8 Å². The summed E-state index contributed by atoms with van der Waals surface area (Å²) in [6.45, 7) is 12.1. The quantitative estimate of drug-likeness (QED) is 0.0201. The largest absolute Gasteiger partial charge is 0.512 e. The molecule has 8 bridgehead atoms. The van der Waals surface area contributed by atoms with Crippen molar-refractivity contribution in [3.8, 4) is 81.3 Å². The van der Waals surface area contributed by atoms with Crippen LogP contribution in [-0.2, 0) is 4.74 Å². The summed E-state index contributed by atoms with van der Waals surface area (Å²) in [5, 5.41) is 0. The van der Waals surface area contributed by atoms with E-state index in [-0.39, 0.29) is 65.1 Å². The molecule has 4 unspecified atom stereocenters. The van der Waals surface area contributed by atoms with Crippen molar-refractivity contribution >= 4 is 41.7 Å². The van der Waals surface area contributed by atoms with Crippen molar-refractivity contribution in [2.45, 2.75) is 327 Å². The van der Waals surface area contributed by atoms with Crippen LogP contribution in [0.15, 0.2) is 121 Å². The lowest BCUT2D eigenvalue weighted by Crippen LogP contribution is -2.47. The van der Waals surface area contributed by atoms with Crippen LogP contribution in [0.5, 0.6) is 81.3 Å². The zero-order valence-electron chi connectivity index (χ0n) is 70.0. The molecule has 1 aliphatic carbocycles. The van der Waals surface area contributed by atoms with E-state index in [2.05, 4.69) is 82.8 Å². The molecule has 5 aliphatic heterocycles. The summed E-state index contributed by atoms with van der Waals surface area (Å²) >= 11 is 0. The molecule has 0 amide bonds. The van der Waals surface area contributed by atoms with Crippen LogP contribution in [0.2, 0.25) is 12.6 Å². The Morgan fingerprint density at radius 2 is 0.448 bits per heavy atom. The van der Waals surface area contributed by atoms with Gasteiger partial charge in [0.25, 0.3) is 35.3 Å². The van der Waals surface area contributed by atoms with Gasteiger partial charge in [0.15, 0.2) is 0 Å². The number of para-hydroxylation sites is 6. The topological polar surface area (TPSA) is 164 Å². The highest BCUT2D eigenvalue weighted by Gasteiger charge is 2.48. The first kappa shape index (κ1) is 80.9. The van der Waals surface area contributed by atoms with Gasteiger partial charge in [-0.1, -0.05) is 295 Å². The molecule has 10 aromatic rings. The fourth-order valence-electron chi connectivity index (χ4n) is 18.9. The average Bonchev–Trinajstić information content (AvgIpc) is 1.30. The summed E-state index contributed by atoms with van der Waals surface area (Å²) in [6, 6.07) is 43.2. The minimum atomic E-state index is -3.40. The molecule has 6 atom stereocenters. The van der Waals surface area contributed by atoms with Gasteiger partial charge < -0.3 is 42.0 Å². The summed E-state index contributed by atoms with van der Waals surface area (Å²) in [5.74, 6) is 5.61. The van der Waals surface area contributed by atoms with Crippen molar-refractivity contribution in [2.75, 3.05) is 6.61 Å². The smallest absolute Gasteiger partial charge is 0.460 e. The molecule has 0 radical (unpaired) electrons. The van der Waals surface area contributed by atoms with E-state index in [9.17, 15) is 0 Å². The highest BCUT2D eigenvalue weighted by atomic mass is 28.4. The van der Waals surface area contributed by atoms with Gasteiger partial charge in [0.2, 0.25) is 0 Å². The second kappa shape index (κ2) is 39.1. The molecule has 6 aliphatic rings. The molecule has 0 N–H and O–H groups in total. The molecular weight excluding hydrogens is 1460 g/mol. The number of fused-ring (bicyclic) bond motifs is 6. The van der Waals surface area contributed by atoms with E-state index in [1.807, 2.05) is 72.8 Å². The highest BCUT2D eigenvalue weighted by Crippen LogP contribution is 2.59. The number of rotatable bonds is 42. The lowest BCUT2D eigenvalue weighted by Gasteiger charge is -2.37. The molecule has 8 heterocycles. The number of nitrogens with zero attached hydrogens (tertiary/aromatic N) is 6. The van der Waals surface area contributed by atoms with Gasteiger partial charge in [-0.15, -0.1) is 0 Å². The minimum Gasteiger partial charge on any atom is -0.512 e. The highest BCUT2D eigenvalue weighted by molar-refractivity contribution is 6.67. The summed E-state index contributed by atoms with van der Waals surface area (Å²) < 4.78 is 68.0. The van der Waals surface area contributed by atoms with Crippen molar-refractivity contribution in [1.82, 2.24) is 29.9 Å². The van der Waals surface area contributed by atoms with Crippen LogP contribution in [0.1, 0.15) is 353 Å². The van der Waals surface area contributed by atoms with Crippen LogP contribution < -0.4 is 37.3 Å². The first-order chi connectivity index (χ1) is 57.2. The number of unbranched alkanes of at least 4 members (excludes halogenated alkanes) is 32. The van der Waals surface area contributed by atoms with Gasteiger partial charge in [-0.3, -0.25) is 0 Å². The number of hydrogen-bond donors (Lipinski definition) is 0. The summed E-state index contributed by atoms with van der Waals surface area (Å²) in [4.78, 5) is 32.3. The van der Waals surface area contributed by atoms with Crippen LogP contribution in [0.4, 0.5) is 0 Å². The Kier molecular flexibility index (Phi) is 27.3. The third kappa shape index (κ3) is 19.4. The van der Waals surface area contributed by atoms with Gasteiger partial charge in [-0.2, -0.15) is 0 Å². The molecule has 16 heteroatoms. The summed E-state index contributed by atoms with van der Waals surface area (Å²) in [7, 11) is -3.40. The standard InChI is InChI=1S/C100H124N6O9Si/c1-6-10-14-18-22-26-30-34-38-48-69-73-58-75-70(49-39-35-31-27-23-19-15-11-7-2)77-60-79-72(51-41-37-33-29-25-21-17-13-9-4)80-61-78-71(50-40-36-32-28-24-20-16-12-8-3)76-59-74(69)88-63-90(76)111-98-100(106-86-57-47-45-55-84(86)104-98)113-92(78)65-94(80)115-116(5,67-68-66-107-68)114-93(79)64-91(77)112-99-97(103-83-54-44-46-56-85(83)105-99)110-89(75)62-87(73)108-95-96(109-88)102-82-53-43-42-52-81(82)101-95/h42-47,52-65,68-72H,6-41,48-51,66-67H2,1-5H3/t68?,69?,70-,71+,72?,116?. The Bertz CT molecular complexity index is 4710. The van der Waals surface area contributed by atoms with Crippen molar-refractivity contribution < 1.29 is 42.0 Å². The Labute approximate surface area is 690 Å². The van der Waals surface area contributed by atoms with E-state index in [0.29, 0.717) is 80.2 Å². The molecule has 612 valence electrons.